The van der Waals surface area contributed by atoms with Gasteiger partial charge >= 0.3 is 5.97 Å². The van der Waals surface area contributed by atoms with E-state index in [1.165, 1.54) is 0 Å². The van der Waals surface area contributed by atoms with E-state index in [0.717, 1.165) is 16.9 Å². The van der Waals surface area contributed by atoms with Gasteiger partial charge in [-0.3, -0.25) is 4.79 Å². The molecule has 1 heterocycles. The lowest BCUT2D eigenvalue weighted by Gasteiger charge is -2.19. The molecule has 6 atom stereocenters. The molecule has 0 saturated heterocycles. The van der Waals surface area contributed by atoms with Crippen LogP contribution in [0.25, 0.3) is 0 Å². The van der Waals surface area contributed by atoms with Gasteiger partial charge in [0, 0.05) is 36.7 Å². The Kier molecular flexibility index (Phi) is 7.00. The molecule has 1 aromatic carbocycles. The van der Waals surface area contributed by atoms with Crippen LogP contribution >= 0.6 is 0 Å². The maximum absolute atomic E-state index is 10.8. The Bertz CT molecular complexity index is 818. The van der Waals surface area contributed by atoms with Crippen LogP contribution < -0.4 is 4.74 Å². The topological polar surface area (TPSA) is 87.0 Å². The smallest absolute Gasteiger partial charge is 0.303 e. The normalized spacial score (nSPS) is 26.9. The number of hydrogen-bond acceptors (Lipinski definition) is 4. The lowest BCUT2D eigenvalue weighted by atomic mass is 9.86. The van der Waals surface area contributed by atoms with Crippen molar-refractivity contribution >= 4 is 5.97 Å². The molecule has 2 aliphatic rings. The molecule has 0 spiro atoms. The van der Waals surface area contributed by atoms with Crippen molar-refractivity contribution in [1.29, 1.82) is 0 Å². The first-order valence-corrected chi connectivity index (χ1v) is 10.4. The molecule has 0 aromatic heterocycles. The number of aryl methyl sites for hydroxylation is 1. The monoisotopic (exact) mass is 398 g/mol. The molecule has 1 aliphatic heterocycles. The number of ether oxygens (including phenoxy) is 1. The van der Waals surface area contributed by atoms with Gasteiger partial charge in [0.05, 0.1) is 12.2 Å². The number of benzene rings is 1. The molecule has 0 amide bonds. The summed E-state index contributed by atoms with van der Waals surface area (Å²) in [6, 6.07) is 6.01. The summed E-state index contributed by atoms with van der Waals surface area (Å²) in [5.41, 5.74) is 2.11. The van der Waals surface area contributed by atoms with Crippen molar-refractivity contribution in [2.45, 2.75) is 70.2 Å². The number of aliphatic hydroxyl groups is 2. The minimum atomic E-state index is -0.790. The summed E-state index contributed by atoms with van der Waals surface area (Å²) in [5, 5.41) is 29.9. The zero-order chi connectivity index (χ0) is 21.0. The van der Waals surface area contributed by atoms with Crippen molar-refractivity contribution in [1.82, 2.24) is 0 Å². The van der Waals surface area contributed by atoms with Crippen molar-refractivity contribution in [3.63, 3.8) is 0 Å². The van der Waals surface area contributed by atoms with Crippen molar-refractivity contribution in [3.05, 3.63) is 41.5 Å². The number of aliphatic carboxylic acids is 1. The van der Waals surface area contributed by atoms with Gasteiger partial charge in [-0.15, -0.1) is 11.8 Å². The lowest BCUT2D eigenvalue weighted by molar-refractivity contribution is -0.137. The number of hydrogen-bond donors (Lipinski definition) is 3. The van der Waals surface area contributed by atoms with E-state index in [1.54, 1.807) is 13.0 Å². The highest BCUT2D eigenvalue weighted by Gasteiger charge is 2.48. The molecule has 3 rings (SSSR count). The zero-order valence-electron chi connectivity index (χ0n) is 17.0. The average Bonchev–Trinajstić information content (AvgIpc) is 3.19. The fourth-order valence-electron chi connectivity index (χ4n) is 4.41. The second kappa shape index (κ2) is 9.47. The van der Waals surface area contributed by atoms with Gasteiger partial charge in [0.15, 0.2) is 0 Å². The lowest BCUT2D eigenvalue weighted by Crippen LogP contribution is -2.19. The van der Waals surface area contributed by atoms with E-state index >= 15 is 0 Å². The van der Waals surface area contributed by atoms with Crippen LogP contribution in [0.1, 0.15) is 56.6 Å². The van der Waals surface area contributed by atoms with Crippen LogP contribution in [0.5, 0.6) is 5.75 Å². The highest BCUT2D eigenvalue weighted by molar-refractivity contribution is 5.66. The van der Waals surface area contributed by atoms with E-state index in [-0.39, 0.29) is 30.3 Å². The van der Waals surface area contributed by atoms with Crippen LogP contribution in [-0.2, 0) is 11.2 Å². The Labute approximate surface area is 172 Å². The van der Waals surface area contributed by atoms with Crippen molar-refractivity contribution in [2.75, 3.05) is 0 Å². The van der Waals surface area contributed by atoms with Gasteiger partial charge in [-0.2, -0.15) is 0 Å². The highest BCUT2D eigenvalue weighted by Crippen LogP contribution is 2.52. The number of carbonyl (C=O) groups is 1. The molecule has 1 saturated carbocycles. The maximum Gasteiger partial charge on any atom is 0.303 e. The fourth-order valence-corrected chi connectivity index (χ4v) is 4.41. The van der Waals surface area contributed by atoms with Gasteiger partial charge in [-0.1, -0.05) is 37.3 Å². The maximum atomic E-state index is 10.8. The Morgan fingerprint density at radius 1 is 1.41 bits per heavy atom. The number of carboxylic acid groups (broad SMARTS) is 1. The molecule has 29 heavy (non-hydrogen) atoms. The minimum Gasteiger partial charge on any atom is -0.489 e. The Balaban J connectivity index is 1.75. The van der Waals surface area contributed by atoms with Crippen molar-refractivity contribution in [2.24, 2.45) is 11.8 Å². The van der Waals surface area contributed by atoms with Crippen LogP contribution in [0, 0.1) is 23.7 Å². The molecule has 5 heteroatoms. The van der Waals surface area contributed by atoms with Crippen LogP contribution in [0.4, 0.5) is 0 Å². The van der Waals surface area contributed by atoms with Gasteiger partial charge in [0.25, 0.3) is 0 Å². The van der Waals surface area contributed by atoms with E-state index < -0.39 is 18.2 Å². The van der Waals surface area contributed by atoms with Crippen LogP contribution in [0.3, 0.4) is 0 Å². The Morgan fingerprint density at radius 2 is 2.21 bits per heavy atom. The SMILES string of the molecule is CC#CC[C@@H](C)[C@H](O)/C=C/[C@H]1[C@@H]2c3cccc(CCCC(=O)O)c3O[C@@H]2C[C@@H]1O. The predicted molar refractivity (Wildman–Crippen MR) is 111 cm³/mol. The largest absolute Gasteiger partial charge is 0.489 e. The van der Waals surface area contributed by atoms with E-state index in [9.17, 15) is 15.0 Å². The first-order valence-electron chi connectivity index (χ1n) is 10.4. The summed E-state index contributed by atoms with van der Waals surface area (Å²) >= 11 is 0. The highest BCUT2D eigenvalue weighted by atomic mass is 16.5. The van der Waals surface area contributed by atoms with E-state index in [0.29, 0.717) is 25.7 Å². The molecule has 1 aliphatic carbocycles. The fraction of sp³-hybridized carbons (Fsp3) is 0.542. The van der Waals surface area contributed by atoms with Crippen LogP contribution in [0.2, 0.25) is 0 Å². The predicted octanol–water partition coefficient (Wildman–Crippen LogP) is 3.29. The van der Waals surface area contributed by atoms with E-state index in [4.69, 9.17) is 9.84 Å². The number of para-hydroxylation sites is 1. The van der Waals surface area contributed by atoms with Gasteiger partial charge in [0.2, 0.25) is 0 Å². The molecule has 1 fully saturated rings. The van der Waals surface area contributed by atoms with E-state index in [1.807, 2.05) is 31.2 Å². The summed E-state index contributed by atoms with van der Waals surface area (Å²) in [6.45, 7) is 3.75. The van der Waals surface area contributed by atoms with Gasteiger partial charge in [-0.05, 0) is 31.2 Å². The first kappa shape index (κ1) is 21.4. The third kappa shape index (κ3) is 4.83. The number of carboxylic acids is 1. The quantitative estimate of drug-likeness (QED) is 0.462. The second-order valence-electron chi connectivity index (χ2n) is 8.13. The standard InChI is InChI=1S/C24H30O5/c1-3-4-7-15(2)19(25)13-12-17-20(26)14-21-23(17)18-10-5-8-16(24(18)29-21)9-6-11-22(27)28/h5,8,10,12-13,15,17,19-21,23,25-26H,6-7,9,11,14H2,1-2H3,(H,27,28)/b13-12+/t15-,17-,19-,20+,21-,23-/m1/s1. The summed E-state index contributed by atoms with van der Waals surface area (Å²) in [7, 11) is 0. The number of aliphatic hydroxyl groups excluding tert-OH is 2. The molecule has 156 valence electrons. The molecule has 1 aromatic rings. The van der Waals surface area contributed by atoms with Crippen molar-refractivity contribution in [3.8, 4) is 17.6 Å². The first-order chi connectivity index (χ1) is 13.9. The molecule has 5 nitrogen and oxygen atoms in total. The van der Waals surface area contributed by atoms with E-state index in [2.05, 4.69) is 11.8 Å². The Hall–Kier alpha value is -2.29. The van der Waals surface area contributed by atoms with Gasteiger partial charge in [0.1, 0.15) is 11.9 Å². The molecular formula is C24H30O5. The average molecular weight is 398 g/mol. The second-order valence-corrected chi connectivity index (χ2v) is 8.13. The number of rotatable bonds is 8. The summed E-state index contributed by atoms with van der Waals surface area (Å²) < 4.78 is 6.21. The minimum absolute atomic E-state index is 0.0287. The summed E-state index contributed by atoms with van der Waals surface area (Å²) in [6.07, 6.45) is 5.07. The van der Waals surface area contributed by atoms with Crippen LogP contribution in [0.15, 0.2) is 30.4 Å². The molecular weight excluding hydrogens is 368 g/mol. The van der Waals surface area contributed by atoms with Crippen LogP contribution in [-0.4, -0.2) is 39.6 Å². The zero-order valence-corrected chi connectivity index (χ0v) is 17.0. The third-order valence-electron chi connectivity index (χ3n) is 6.04. The molecule has 0 unspecified atom stereocenters. The summed E-state index contributed by atoms with van der Waals surface area (Å²) in [4.78, 5) is 10.8. The summed E-state index contributed by atoms with van der Waals surface area (Å²) in [5.74, 6) is 5.87. The third-order valence-corrected chi connectivity index (χ3v) is 6.04. The Morgan fingerprint density at radius 3 is 2.93 bits per heavy atom. The van der Waals surface area contributed by atoms with Gasteiger partial charge < -0.3 is 20.1 Å². The number of fused-ring (bicyclic) bond motifs is 3. The molecule has 0 radical (unpaired) electrons. The van der Waals surface area contributed by atoms with Gasteiger partial charge in [-0.25, -0.2) is 0 Å². The molecule has 3 N–H and O–H groups in total. The van der Waals surface area contributed by atoms with Crippen molar-refractivity contribution < 1.29 is 24.9 Å². The molecule has 0 bridgehead atoms.